The van der Waals surface area contributed by atoms with Gasteiger partial charge in [-0.2, -0.15) is 0 Å². The second-order valence-corrected chi connectivity index (χ2v) is 8.35. The molecule has 30 heavy (non-hydrogen) atoms. The van der Waals surface area contributed by atoms with E-state index in [0.717, 1.165) is 57.6 Å². The van der Waals surface area contributed by atoms with Crippen LogP contribution in [0.3, 0.4) is 0 Å². The van der Waals surface area contributed by atoms with Crippen LogP contribution in [0.1, 0.15) is 29.7 Å². The summed E-state index contributed by atoms with van der Waals surface area (Å²) < 4.78 is 32.5. The Kier molecular flexibility index (Phi) is 6.29. The van der Waals surface area contributed by atoms with Crippen LogP contribution in [0.5, 0.6) is 5.75 Å². The molecule has 0 saturated carbocycles. The molecule has 2 aliphatic heterocycles. The number of quaternary nitrogens is 2. The van der Waals surface area contributed by atoms with Gasteiger partial charge in [0.2, 0.25) is 0 Å². The van der Waals surface area contributed by atoms with E-state index in [4.69, 9.17) is 4.74 Å². The maximum absolute atomic E-state index is 13.9. The number of fused-ring (bicyclic) bond motifs is 1. The molecule has 3 N–H and O–H groups in total. The first-order valence-corrected chi connectivity index (χ1v) is 10.6. The van der Waals surface area contributed by atoms with Gasteiger partial charge in [-0.05, 0) is 36.8 Å². The van der Waals surface area contributed by atoms with E-state index in [1.54, 1.807) is 6.92 Å². The molecule has 2 aromatic carbocycles. The number of carbonyl (C=O) groups excluding carboxylic acids is 1. The number of piperazine rings is 1. The predicted octanol–water partition coefficient (Wildman–Crippen LogP) is 0.0605. The van der Waals surface area contributed by atoms with E-state index in [9.17, 15) is 13.6 Å². The minimum absolute atomic E-state index is 0.108. The summed E-state index contributed by atoms with van der Waals surface area (Å²) in [5, 5.41) is 2.84. The van der Waals surface area contributed by atoms with Crippen molar-refractivity contribution in [1.29, 1.82) is 0 Å². The van der Waals surface area contributed by atoms with Gasteiger partial charge in [0.15, 0.2) is 6.54 Å². The first-order chi connectivity index (χ1) is 14.5. The minimum Gasteiger partial charge on any atom is -0.493 e. The van der Waals surface area contributed by atoms with Gasteiger partial charge >= 0.3 is 0 Å². The molecule has 7 heteroatoms. The summed E-state index contributed by atoms with van der Waals surface area (Å²) in [7, 11) is 0. The van der Waals surface area contributed by atoms with Gasteiger partial charge in [0.1, 0.15) is 50.1 Å². The zero-order valence-electron chi connectivity index (χ0n) is 17.3. The number of halogens is 2. The summed E-state index contributed by atoms with van der Waals surface area (Å²) in [4.78, 5) is 15.2. The Morgan fingerprint density at radius 1 is 1.10 bits per heavy atom. The van der Waals surface area contributed by atoms with E-state index in [0.29, 0.717) is 12.1 Å². The molecule has 0 aromatic heterocycles. The summed E-state index contributed by atoms with van der Waals surface area (Å²) in [5.74, 6) is -0.342. The number of carbonyl (C=O) groups is 1. The largest absolute Gasteiger partial charge is 0.493 e. The number of rotatable bonds is 6. The number of benzene rings is 2. The zero-order valence-corrected chi connectivity index (χ0v) is 17.3. The Balaban J connectivity index is 1.23. The molecule has 2 heterocycles. The lowest BCUT2D eigenvalue weighted by atomic mass is 10.1. The highest BCUT2D eigenvalue weighted by molar-refractivity contribution is 5.77. The van der Waals surface area contributed by atoms with Crippen molar-refractivity contribution in [1.82, 2.24) is 5.32 Å². The predicted molar refractivity (Wildman–Crippen MR) is 109 cm³/mol. The lowest BCUT2D eigenvalue weighted by molar-refractivity contribution is -1.02. The molecule has 1 amide bonds. The smallest absolute Gasteiger partial charge is 0.275 e. The maximum atomic E-state index is 13.9. The molecule has 1 saturated heterocycles. The highest BCUT2D eigenvalue weighted by atomic mass is 19.1. The van der Waals surface area contributed by atoms with Crippen LogP contribution in [0, 0.1) is 11.6 Å². The molecule has 160 valence electrons. The van der Waals surface area contributed by atoms with E-state index in [1.807, 2.05) is 0 Å². The van der Waals surface area contributed by atoms with Crippen molar-refractivity contribution in [3.05, 3.63) is 64.7 Å². The van der Waals surface area contributed by atoms with Crippen LogP contribution < -0.4 is 19.9 Å². The Bertz CT molecular complexity index is 913. The van der Waals surface area contributed by atoms with Gasteiger partial charge in [-0.15, -0.1) is 0 Å². The van der Waals surface area contributed by atoms with Crippen LogP contribution in [0.2, 0.25) is 0 Å². The third-order valence-electron chi connectivity index (χ3n) is 6.09. The van der Waals surface area contributed by atoms with Gasteiger partial charge in [-0.25, -0.2) is 8.78 Å². The SMILES string of the molecule is C[C@@H](NC(=O)C[NH+]1CC[NH+](Cc2ccc3c(c2)CCO3)CC1)c1ccc(F)cc1F. The van der Waals surface area contributed by atoms with Crippen molar-refractivity contribution in [2.24, 2.45) is 0 Å². The molecule has 1 fully saturated rings. The van der Waals surface area contributed by atoms with Crippen molar-refractivity contribution in [3.63, 3.8) is 0 Å². The van der Waals surface area contributed by atoms with Gasteiger partial charge in [-0.1, -0.05) is 6.07 Å². The van der Waals surface area contributed by atoms with E-state index >= 15 is 0 Å². The molecular formula is C23H29F2N3O2+2. The Labute approximate surface area is 175 Å². The summed E-state index contributed by atoms with van der Waals surface area (Å²) in [6.45, 7) is 7.74. The molecule has 2 aliphatic rings. The van der Waals surface area contributed by atoms with Crippen LogP contribution in [0.15, 0.2) is 36.4 Å². The summed E-state index contributed by atoms with van der Waals surface area (Å²) >= 11 is 0. The number of nitrogens with one attached hydrogen (secondary N) is 3. The fraction of sp³-hybridized carbons (Fsp3) is 0.435. The molecule has 0 spiro atoms. The number of hydrogen-bond acceptors (Lipinski definition) is 2. The minimum atomic E-state index is -0.634. The average Bonchev–Trinajstić information content (AvgIpc) is 3.17. The zero-order chi connectivity index (χ0) is 21.1. The van der Waals surface area contributed by atoms with Gasteiger partial charge in [0.05, 0.1) is 12.6 Å². The first-order valence-electron chi connectivity index (χ1n) is 10.6. The maximum Gasteiger partial charge on any atom is 0.275 e. The van der Waals surface area contributed by atoms with Crippen molar-refractivity contribution in [2.75, 3.05) is 39.3 Å². The van der Waals surface area contributed by atoms with Crippen LogP contribution in [-0.4, -0.2) is 45.2 Å². The Morgan fingerprint density at radius 2 is 1.87 bits per heavy atom. The van der Waals surface area contributed by atoms with Crippen molar-refractivity contribution >= 4 is 5.91 Å². The normalized spacial score (nSPS) is 21.6. The highest BCUT2D eigenvalue weighted by Gasteiger charge is 2.26. The molecule has 2 aromatic rings. The lowest BCUT2D eigenvalue weighted by Gasteiger charge is -2.29. The van der Waals surface area contributed by atoms with E-state index in [1.165, 1.54) is 33.1 Å². The first kappa shape index (κ1) is 20.8. The van der Waals surface area contributed by atoms with E-state index in [-0.39, 0.29) is 5.91 Å². The number of hydrogen-bond donors (Lipinski definition) is 3. The van der Waals surface area contributed by atoms with E-state index < -0.39 is 17.7 Å². The fourth-order valence-corrected chi connectivity index (χ4v) is 4.40. The molecule has 5 nitrogen and oxygen atoms in total. The van der Waals surface area contributed by atoms with Crippen LogP contribution in [0.25, 0.3) is 0 Å². The molecule has 4 rings (SSSR count). The summed E-state index contributed by atoms with van der Waals surface area (Å²) in [5.41, 5.74) is 2.94. The lowest BCUT2D eigenvalue weighted by Crippen LogP contribution is -3.28. The van der Waals surface area contributed by atoms with Crippen LogP contribution in [0.4, 0.5) is 8.78 Å². The van der Waals surface area contributed by atoms with E-state index in [2.05, 4.69) is 23.5 Å². The topological polar surface area (TPSA) is 47.2 Å². The molecule has 1 atom stereocenters. The quantitative estimate of drug-likeness (QED) is 0.623. The number of amides is 1. The van der Waals surface area contributed by atoms with Crippen molar-refractivity contribution in [2.45, 2.75) is 25.9 Å². The summed E-state index contributed by atoms with van der Waals surface area (Å²) in [6, 6.07) is 9.44. The second kappa shape index (κ2) is 9.10. The van der Waals surface area contributed by atoms with Crippen molar-refractivity contribution in [3.8, 4) is 5.75 Å². The monoisotopic (exact) mass is 417 g/mol. The van der Waals surface area contributed by atoms with Crippen LogP contribution in [-0.2, 0) is 17.8 Å². The van der Waals surface area contributed by atoms with Gasteiger partial charge in [0, 0.05) is 23.6 Å². The molecular weight excluding hydrogens is 388 g/mol. The highest BCUT2D eigenvalue weighted by Crippen LogP contribution is 2.25. The third kappa shape index (κ3) is 4.96. The van der Waals surface area contributed by atoms with Gasteiger partial charge in [0.25, 0.3) is 5.91 Å². The molecule has 0 unspecified atom stereocenters. The fourth-order valence-electron chi connectivity index (χ4n) is 4.40. The second-order valence-electron chi connectivity index (χ2n) is 8.35. The Morgan fingerprint density at radius 3 is 2.63 bits per heavy atom. The molecule has 0 radical (unpaired) electrons. The average molecular weight is 418 g/mol. The van der Waals surface area contributed by atoms with Crippen molar-refractivity contribution < 1.29 is 28.1 Å². The Hall–Kier alpha value is -2.51. The van der Waals surface area contributed by atoms with Gasteiger partial charge in [-0.3, -0.25) is 4.79 Å². The van der Waals surface area contributed by atoms with Gasteiger partial charge < -0.3 is 19.9 Å². The summed E-state index contributed by atoms with van der Waals surface area (Å²) in [6.07, 6.45) is 0.992. The molecule has 0 bridgehead atoms. The number of ether oxygens (including phenoxy) is 1. The van der Waals surface area contributed by atoms with Crippen LogP contribution >= 0.6 is 0 Å². The molecule has 0 aliphatic carbocycles. The standard InChI is InChI=1S/C23H27F2N3O2/c1-16(20-4-3-19(24)13-21(20)25)26-23(29)15-28-9-7-27(8-10-28)14-17-2-5-22-18(12-17)6-11-30-22/h2-5,12-13,16H,6-11,14-15H2,1H3,(H,26,29)/p+2/t16-/m1/s1. The third-order valence-corrected chi connectivity index (χ3v) is 6.09.